The van der Waals surface area contributed by atoms with E-state index in [0.717, 1.165) is 5.71 Å². The molecule has 0 rings (SSSR count). The minimum Gasteiger partial charge on any atom is 0 e. The molecule has 0 atom stereocenters. The smallest absolute Gasteiger partial charge is 0 e. The Hall–Kier alpha value is 2.28. The van der Waals surface area contributed by atoms with Crippen molar-refractivity contribution in [3.8, 4) is 0 Å². The summed E-state index contributed by atoms with van der Waals surface area (Å²) < 4.78 is 24.8. The Balaban J connectivity index is -0.0000000800. The first-order valence-electron chi connectivity index (χ1n) is 1.03. The van der Waals surface area contributed by atoms with Crippen molar-refractivity contribution in [1.82, 2.24) is 0 Å². The maximum absolute atomic E-state index is 9.39. The Kier molecular flexibility index (Phi) is 14.7. The normalized spacial score (nSPS) is 8.43. The van der Waals surface area contributed by atoms with E-state index >= 15 is 0 Å². The molecule has 3 nitrogen and oxygen atoms in total. The van der Waals surface area contributed by atoms with Gasteiger partial charge in [0.1, 0.15) is 0 Å². The van der Waals surface area contributed by atoms with Crippen molar-refractivity contribution < 1.29 is 11.9 Å². The summed E-state index contributed by atoms with van der Waals surface area (Å²) >= 11 is -4.12. The quantitative estimate of drug-likeness (QED) is 0.439. The molecule has 0 spiro atoms. The maximum Gasteiger partial charge on any atom is 0 e. The van der Waals surface area contributed by atoms with Gasteiger partial charge in [-0.3, -0.25) is 0 Å². The molecule has 0 aromatic rings. The van der Waals surface area contributed by atoms with Crippen LogP contribution in [0.4, 0.5) is 0 Å². The average molecular weight is 186 g/mol. The van der Waals surface area contributed by atoms with Crippen LogP contribution in [0.3, 0.4) is 0 Å². The third-order valence-corrected chi connectivity index (χ3v) is 0. The van der Waals surface area contributed by atoms with E-state index in [2.05, 4.69) is 0 Å². The van der Waals surface area contributed by atoms with Crippen LogP contribution in [0.1, 0.15) is 0 Å². The molecule has 0 heterocycles. The second-order valence-electron chi connectivity index (χ2n) is 0.835. The Morgan fingerprint density at radius 3 is 1.29 bits per heavy atom. The molecular weight excluding hydrogens is 181 g/mol. The predicted octanol–water partition coefficient (Wildman–Crippen LogP) is -1.79. The van der Waals surface area contributed by atoms with Gasteiger partial charge in [0.15, 0.2) is 0 Å². The standard InChI is InChI=1S/CH5AsO3.2Na/c1-2(3,4)5;;/h1H3,(H2,3,4,5);;. The second kappa shape index (κ2) is 6.40. The molecule has 0 aliphatic heterocycles. The average Bonchev–Trinajstić information content (AvgIpc) is 0.722. The van der Waals surface area contributed by atoms with Crippen molar-refractivity contribution in [3.05, 3.63) is 0 Å². The zero-order valence-electron chi connectivity index (χ0n) is 4.75. The molecule has 0 saturated heterocycles. The van der Waals surface area contributed by atoms with Gasteiger partial charge in [0.25, 0.3) is 0 Å². The summed E-state index contributed by atoms with van der Waals surface area (Å²) in [5, 5.41) is 0. The van der Waals surface area contributed by atoms with Crippen LogP contribution in [-0.2, 0) is 3.74 Å². The van der Waals surface area contributed by atoms with Gasteiger partial charge in [-0.1, -0.05) is 0 Å². The van der Waals surface area contributed by atoms with Gasteiger partial charge in [-0.05, 0) is 0 Å². The Labute approximate surface area is 89.5 Å². The van der Waals surface area contributed by atoms with E-state index in [1.54, 1.807) is 0 Å². The zero-order valence-corrected chi connectivity index (χ0v) is 10.6. The Morgan fingerprint density at radius 1 is 1.29 bits per heavy atom. The third kappa shape index (κ3) is 62.9. The minimum absolute atomic E-state index is 0. The molecule has 0 fully saturated rings. The molecule has 34 valence electrons. The summed E-state index contributed by atoms with van der Waals surface area (Å²) in [5.74, 6) is 0. The van der Waals surface area contributed by atoms with E-state index in [0.29, 0.717) is 0 Å². The van der Waals surface area contributed by atoms with Crippen LogP contribution < -0.4 is 0 Å². The maximum atomic E-state index is 9.39. The van der Waals surface area contributed by atoms with Crippen LogP contribution in [0, 0.1) is 0 Å². The van der Waals surface area contributed by atoms with Crippen LogP contribution in [0.25, 0.3) is 0 Å². The first-order valence-corrected chi connectivity index (χ1v) is 5.35. The van der Waals surface area contributed by atoms with E-state index in [1.165, 1.54) is 0 Å². The van der Waals surface area contributed by atoms with Gasteiger partial charge in [0.05, 0.1) is 0 Å². The second-order valence-corrected chi connectivity index (χ2v) is 4.34. The first kappa shape index (κ1) is 16.1. The third-order valence-electron chi connectivity index (χ3n) is 0. The summed E-state index contributed by atoms with van der Waals surface area (Å²) in [6.07, 6.45) is 0. The SMILES string of the molecule is C[As](=O)(O)O.[Na].[Na]. The van der Waals surface area contributed by atoms with Gasteiger partial charge < -0.3 is 0 Å². The molecule has 0 aromatic carbocycles. The fourth-order valence-electron chi connectivity index (χ4n) is 0. The molecule has 6 heteroatoms. The summed E-state index contributed by atoms with van der Waals surface area (Å²) in [6, 6.07) is 0. The first-order chi connectivity index (χ1) is 2.00. The van der Waals surface area contributed by atoms with E-state index in [9.17, 15) is 3.74 Å². The van der Waals surface area contributed by atoms with Crippen LogP contribution in [0.5, 0.6) is 0 Å². The van der Waals surface area contributed by atoms with Crippen molar-refractivity contribution in [2.75, 3.05) is 0 Å². The topological polar surface area (TPSA) is 57.5 Å². The Bertz CT molecular complexity index is 59.1. The van der Waals surface area contributed by atoms with Gasteiger partial charge in [-0.2, -0.15) is 0 Å². The van der Waals surface area contributed by atoms with E-state index < -0.39 is 14.2 Å². The molecule has 0 amide bonds. The molecule has 0 saturated carbocycles. The van der Waals surface area contributed by atoms with Gasteiger partial charge in [0.2, 0.25) is 0 Å². The van der Waals surface area contributed by atoms with E-state index in [4.69, 9.17) is 8.19 Å². The molecule has 0 aromatic heterocycles. The molecule has 0 unspecified atom stereocenters. The minimum atomic E-state index is -4.12. The predicted molar refractivity (Wildman–Crippen MR) is 28.3 cm³/mol. The molecule has 2 N–H and O–H groups in total. The van der Waals surface area contributed by atoms with Crippen molar-refractivity contribution in [2.45, 2.75) is 5.71 Å². The van der Waals surface area contributed by atoms with Crippen molar-refractivity contribution in [2.24, 2.45) is 0 Å². The molecule has 2 radical (unpaired) electrons. The van der Waals surface area contributed by atoms with Gasteiger partial charge in [-0.25, -0.2) is 0 Å². The van der Waals surface area contributed by atoms with E-state index in [-0.39, 0.29) is 59.1 Å². The fraction of sp³-hybridized carbons (Fsp3) is 1.00. The summed E-state index contributed by atoms with van der Waals surface area (Å²) in [4.78, 5) is 0. The largest absolute Gasteiger partial charge is 0 e. The molecule has 0 aliphatic carbocycles. The molecule has 0 bridgehead atoms. The van der Waals surface area contributed by atoms with Crippen LogP contribution >= 0.6 is 0 Å². The fourth-order valence-corrected chi connectivity index (χ4v) is 0. The van der Waals surface area contributed by atoms with Crippen LogP contribution in [0.15, 0.2) is 0 Å². The van der Waals surface area contributed by atoms with Crippen molar-refractivity contribution >= 4 is 73.3 Å². The summed E-state index contributed by atoms with van der Waals surface area (Å²) in [6.45, 7) is 0. The summed E-state index contributed by atoms with van der Waals surface area (Å²) in [7, 11) is 0. The monoisotopic (exact) mass is 186 g/mol. The van der Waals surface area contributed by atoms with E-state index in [1.807, 2.05) is 0 Å². The van der Waals surface area contributed by atoms with Crippen LogP contribution in [0.2, 0.25) is 5.71 Å². The van der Waals surface area contributed by atoms with Gasteiger partial charge in [-0.15, -0.1) is 0 Å². The molecular formula is CH5AsNa2O3. The number of rotatable bonds is 0. The molecule has 7 heavy (non-hydrogen) atoms. The number of hydrogen-bond acceptors (Lipinski definition) is 1. The van der Waals surface area contributed by atoms with Crippen molar-refractivity contribution in [1.29, 1.82) is 0 Å². The van der Waals surface area contributed by atoms with Crippen molar-refractivity contribution in [3.63, 3.8) is 0 Å². The Morgan fingerprint density at radius 2 is 1.29 bits per heavy atom. The van der Waals surface area contributed by atoms with Gasteiger partial charge in [0, 0.05) is 59.1 Å². The zero-order chi connectivity index (χ0) is 4.50. The number of hydrogen-bond donors (Lipinski definition) is 2. The summed E-state index contributed by atoms with van der Waals surface area (Å²) in [5.41, 5.74) is 0.915. The molecule has 0 aliphatic rings. The van der Waals surface area contributed by atoms with Gasteiger partial charge >= 0.3 is 31.8 Å². The van der Waals surface area contributed by atoms with Crippen LogP contribution in [-0.4, -0.2) is 81.5 Å².